The summed E-state index contributed by atoms with van der Waals surface area (Å²) in [4.78, 5) is 11.4. The van der Waals surface area contributed by atoms with Crippen LogP contribution in [0, 0.1) is 31.6 Å². The van der Waals surface area contributed by atoms with E-state index in [1.807, 2.05) is 0 Å². The second kappa shape index (κ2) is 7.51. The molecule has 2 rings (SSSR count). The quantitative estimate of drug-likeness (QED) is 0.612. The van der Waals surface area contributed by atoms with E-state index < -0.39 is 5.97 Å². The maximum absolute atomic E-state index is 11.4. The van der Waals surface area contributed by atoms with E-state index in [0.29, 0.717) is 5.41 Å². The smallest absolute Gasteiger partial charge is 0.309 e. The Bertz CT molecular complexity index is 630. The number of carboxylic acid groups (broad SMARTS) is 1. The molecule has 1 aliphatic rings. The van der Waals surface area contributed by atoms with E-state index in [2.05, 4.69) is 47.6 Å². The minimum atomic E-state index is -0.588. The van der Waals surface area contributed by atoms with Crippen LogP contribution in [0.15, 0.2) is 6.07 Å². The van der Waals surface area contributed by atoms with Gasteiger partial charge in [-0.2, -0.15) is 0 Å². The van der Waals surface area contributed by atoms with Gasteiger partial charge in [0, 0.05) is 0 Å². The Morgan fingerprint density at radius 1 is 1.04 bits per heavy atom. The van der Waals surface area contributed by atoms with Crippen LogP contribution in [0.4, 0.5) is 0 Å². The van der Waals surface area contributed by atoms with E-state index >= 15 is 0 Å². The van der Waals surface area contributed by atoms with Crippen LogP contribution >= 0.6 is 0 Å². The monoisotopic (exact) mass is 344 g/mol. The molecule has 0 spiro atoms. The molecule has 140 valence electrons. The van der Waals surface area contributed by atoms with Gasteiger partial charge in [0.15, 0.2) is 0 Å². The van der Waals surface area contributed by atoms with Crippen molar-refractivity contribution >= 4 is 5.97 Å². The fourth-order valence-corrected chi connectivity index (χ4v) is 4.03. The molecule has 1 saturated carbocycles. The van der Waals surface area contributed by atoms with E-state index in [9.17, 15) is 9.90 Å². The molecule has 0 atom stereocenters. The zero-order valence-electron chi connectivity index (χ0n) is 17.1. The van der Waals surface area contributed by atoms with E-state index in [1.165, 1.54) is 40.7 Å². The Morgan fingerprint density at radius 3 is 2.16 bits per heavy atom. The molecular weight excluding hydrogens is 308 g/mol. The molecule has 0 heterocycles. The Labute approximate surface area is 154 Å². The van der Waals surface area contributed by atoms with Crippen LogP contribution in [0.2, 0.25) is 0 Å². The summed E-state index contributed by atoms with van der Waals surface area (Å²) in [6.45, 7) is 13.6. The standard InChI is InChI=1S/C23H36O2/c1-16-15-17(2)19(9-7-11-22(4,5)6)20(18(16)3)10-8-12-23(13-14-23)21(24)25/h15H,7-14H2,1-6H3,(H,24,25). The van der Waals surface area contributed by atoms with Crippen LogP contribution in [-0.4, -0.2) is 11.1 Å². The number of benzene rings is 1. The first-order valence-corrected chi connectivity index (χ1v) is 9.88. The summed E-state index contributed by atoms with van der Waals surface area (Å²) in [6, 6.07) is 2.32. The van der Waals surface area contributed by atoms with Crippen LogP contribution in [-0.2, 0) is 17.6 Å². The molecule has 0 aliphatic heterocycles. The molecule has 0 unspecified atom stereocenters. The van der Waals surface area contributed by atoms with Gasteiger partial charge in [-0.1, -0.05) is 26.8 Å². The normalized spacial score (nSPS) is 16.1. The van der Waals surface area contributed by atoms with E-state index in [0.717, 1.165) is 38.5 Å². The molecule has 2 nitrogen and oxygen atoms in total. The van der Waals surface area contributed by atoms with Crippen LogP contribution in [0.5, 0.6) is 0 Å². The van der Waals surface area contributed by atoms with Gasteiger partial charge in [-0.25, -0.2) is 0 Å². The molecule has 0 bridgehead atoms. The number of hydrogen-bond donors (Lipinski definition) is 1. The third-order valence-electron chi connectivity index (χ3n) is 6.06. The van der Waals surface area contributed by atoms with Gasteiger partial charge in [-0.05, 0) is 105 Å². The first-order valence-electron chi connectivity index (χ1n) is 9.88. The molecule has 0 saturated heterocycles. The lowest BCUT2D eigenvalue weighted by Gasteiger charge is -2.21. The highest BCUT2D eigenvalue weighted by atomic mass is 16.4. The fraction of sp³-hybridized carbons (Fsp3) is 0.696. The maximum Gasteiger partial charge on any atom is 0.309 e. The first kappa shape index (κ1) is 20.0. The van der Waals surface area contributed by atoms with Crippen molar-refractivity contribution in [1.29, 1.82) is 0 Å². The van der Waals surface area contributed by atoms with Crippen molar-refractivity contribution in [1.82, 2.24) is 0 Å². The topological polar surface area (TPSA) is 37.3 Å². The summed E-state index contributed by atoms with van der Waals surface area (Å²) in [6.07, 6.45) is 8.18. The third kappa shape index (κ3) is 5.09. The van der Waals surface area contributed by atoms with Crippen molar-refractivity contribution in [2.24, 2.45) is 10.8 Å². The summed E-state index contributed by atoms with van der Waals surface area (Å²) in [7, 11) is 0. The average molecular weight is 345 g/mol. The Balaban J connectivity index is 2.10. The van der Waals surface area contributed by atoms with Gasteiger partial charge >= 0.3 is 5.97 Å². The minimum absolute atomic E-state index is 0.383. The molecule has 0 radical (unpaired) electrons. The van der Waals surface area contributed by atoms with Crippen molar-refractivity contribution in [3.63, 3.8) is 0 Å². The van der Waals surface area contributed by atoms with E-state index in [4.69, 9.17) is 0 Å². The molecule has 0 amide bonds. The minimum Gasteiger partial charge on any atom is -0.481 e. The number of carboxylic acids is 1. The number of aliphatic carboxylic acids is 1. The molecule has 1 aliphatic carbocycles. The van der Waals surface area contributed by atoms with E-state index in [-0.39, 0.29) is 5.41 Å². The average Bonchev–Trinajstić information content (AvgIpc) is 3.27. The zero-order valence-corrected chi connectivity index (χ0v) is 17.1. The number of carbonyl (C=O) groups is 1. The molecule has 1 N–H and O–H groups in total. The molecular formula is C23H36O2. The summed E-state index contributed by atoms with van der Waals surface area (Å²) in [5, 5.41) is 9.39. The molecule has 2 heteroatoms. The largest absolute Gasteiger partial charge is 0.481 e. The highest BCUT2D eigenvalue weighted by Crippen LogP contribution is 2.50. The zero-order chi connectivity index (χ0) is 18.8. The van der Waals surface area contributed by atoms with Gasteiger partial charge in [-0.3, -0.25) is 4.79 Å². The number of rotatable bonds is 8. The van der Waals surface area contributed by atoms with Gasteiger partial charge < -0.3 is 5.11 Å². The van der Waals surface area contributed by atoms with Crippen LogP contribution < -0.4 is 0 Å². The van der Waals surface area contributed by atoms with Gasteiger partial charge in [-0.15, -0.1) is 0 Å². The fourth-order valence-electron chi connectivity index (χ4n) is 4.03. The molecule has 1 fully saturated rings. The lowest BCUT2D eigenvalue weighted by Crippen LogP contribution is -2.15. The van der Waals surface area contributed by atoms with Crippen LogP contribution in [0.1, 0.15) is 87.1 Å². The second-order valence-electron chi connectivity index (χ2n) is 9.45. The Morgan fingerprint density at radius 2 is 1.64 bits per heavy atom. The van der Waals surface area contributed by atoms with Gasteiger partial charge in [0.05, 0.1) is 5.41 Å². The number of hydrogen-bond acceptors (Lipinski definition) is 1. The lowest BCUT2D eigenvalue weighted by molar-refractivity contribution is -0.143. The Kier molecular flexibility index (Phi) is 6.01. The highest BCUT2D eigenvalue weighted by molar-refractivity contribution is 5.77. The second-order valence-corrected chi connectivity index (χ2v) is 9.45. The van der Waals surface area contributed by atoms with Crippen molar-refractivity contribution < 1.29 is 9.90 Å². The van der Waals surface area contributed by atoms with Crippen LogP contribution in [0.25, 0.3) is 0 Å². The number of aryl methyl sites for hydroxylation is 2. The summed E-state index contributed by atoms with van der Waals surface area (Å²) in [5.74, 6) is -0.588. The third-order valence-corrected chi connectivity index (χ3v) is 6.06. The Hall–Kier alpha value is -1.31. The summed E-state index contributed by atoms with van der Waals surface area (Å²) >= 11 is 0. The van der Waals surface area contributed by atoms with Gasteiger partial charge in [0.1, 0.15) is 0 Å². The predicted octanol–water partition coefficient (Wildman–Crippen LogP) is 6.17. The molecule has 1 aromatic rings. The summed E-state index contributed by atoms with van der Waals surface area (Å²) < 4.78 is 0. The summed E-state index contributed by atoms with van der Waals surface area (Å²) in [5.41, 5.74) is 7.20. The van der Waals surface area contributed by atoms with E-state index in [1.54, 1.807) is 0 Å². The highest BCUT2D eigenvalue weighted by Gasteiger charge is 2.49. The molecule has 25 heavy (non-hydrogen) atoms. The van der Waals surface area contributed by atoms with Crippen LogP contribution in [0.3, 0.4) is 0 Å². The predicted molar refractivity (Wildman–Crippen MR) is 105 cm³/mol. The molecule has 1 aromatic carbocycles. The van der Waals surface area contributed by atoms with Crippen molar-refractivity contribution in [3.8, 4) is 0 Å². The lowest BCUT2D eigenvalue weighted by atomic mass is 9.84. The van der Waals surface area contributed by atoms with Crippen molar-refractivity contribution in [3.05, 3.63) is 33.9 Å². The van der Waals surface area contributed by atoms with Gasteiger partial charge in [0.2, 0.25) is 0 Å². The van der Waals surface area contributed by atoms with Gasteiger partial charge in [0.25, 0.3) is 0 Å². The van der Waals surface area contributed by atoms with Crippen molar-refractivity contribution in [2.45, 2.75) is 92.9 Å². The molecule has 0 aromatic heterocycles. The SMILES string of the molecule is Cc1cc(C)c(CCCC(C)(C)C)c(CCCC2(C(=O)O)CC2)c1C. The first-order chi connectivity index (χ1) is 11.6. The van der Waals surface area contributed by atoms with Crippen molar-refractivity contribution in [2.75, 3.05) is 0 Å². The maximum atomic E-state index is 11.4.